The van der Waals surface area contributed by atoms with E-state index in [1.54, 1.807) is 16.4 Å². The number of rotatable bonds is 6. The molecule has 6 heteroatoms. The Bertz CT molecular complexity index is 589. The third-order valence-corrected chi connectivity index (χ3v) is 6.29. The van der Waals surface area contributed by atoms with Crippen molar-refractivity contribution < 1.29 is 8.42 Å². The normalized spacial score (nSPS) is 20.0. The van der Waals surface area contributed by atoms with Crippen molar-refractivity contribution in [1.82, 2.24) is 9.62 Å². The molecule has 1 heterocycles. The summed E-state index contributed by atoms with van der Waals surface area (Å²) in [4.78, 5) is 0.231. The molecule has 1 unspecified atom stereocenters. The zero-order chi connectivity index (χ0) is 15.5. The number of hydrogen-bond donors (Lipinski definition) is 1. The second-order valence-electron chi connectivity index (χ2n) is 5.60. The van der Waals surface area contributed by atoms with Crippen LogP contribution in [0.3, 0.4) is 0 Å². The monoisotopic (exact) mass is 330 g/mol. The van der Waals surface area contributed by atoms with Gasteiger partial charge in [-0.1, -0.05) is 31.0 Å². The number of sulfonamides is 1. The van der Waals surface area contributed by atoms with Gasteiger partial charge in [0, 0.05) is 19.6 Å². The highest BCUT2D eigenvalue weighted by atomic mass is 35.5. The van der Waals surface area contributed by atoms with Crippen LogP contribution in [-0.4, -0.2) is 32.9 Å². The minimum atomic E-state index is -3.49. The van der Waals surface area contributed by atoms with Gasteiger partial charge in [-0.3, -0.25) is 0 Å². The van der Waals surface area contributed by atoms with Crippen LogP contribution in [0.25, 0.3) is 0 Å². The van der Waals surface area contributed by atoms with Gasteiger partial charge in [-0.25, -0.2) is 8.42 Å². The minimum absolute atomic E-state index is 0.231. The van der Waals surface area contributed by atoms with E-state index in [1.165, 1.54) is 0 Å². The van der Waals surface area contributed by atoms with Crippen LogP contribution < -0.4 is 5.32 Å². The standard InChI is InChI=1S/C15H23ClN2O2S/c1-3-4-12-7-8-18(11-12)21(19,20)15-9-13(10-17-2)5-6-14(15)16/h5-6,9,12,17H,3-4,7-8,10-11H2,1-2H3. The second-order valence-corrected chi connectivity index (χ2v) is 7.92. The highest BCUT2D eigenvalue weighted by Crippen LogP contribution is 2.30. The maximum absolute atomic E-state index is 12.8. The fraction of sp³-hybridized carbons (Fsp3) is 0.600. The van der Waals surface area contributed by atoms with Crippen molar-refractivity contribution in [3.05, 3.63) is 28.8 Å². The molecule has 1 aliphatic heterocycles. The van der Waals surface area contributed by atoms with E-state index in [2.05, 4.69) is 12.2 Å². The number of nitrogens with zero attached hydrogens (tertiary/aromatic N) is 1. The van der Waals surface area contributed by atoms with Gasteiger partial charge >= 0.3 is 0 Å². The molecule has 0 aromatic heterocycles. The molecule has 2 rings (SSSR count). The number of halogens is 1. The third kappa shape index (κ3) is 3.77. The fourth-order valence-electron chi connectivity index (χ4n) is 2.86. The summed E-state index contributed by atoms with van der Waals surface area (Å²) in [5.41, 5.74) is 0.921. The van der Waals surface area contributed by atoms with Crippen molar-refractivity contribution in [3.63, 3.8) is 0 Å². The summed E-state index contributed by atoms with van der Waals surface area (Å²) in [5, 5.41) is 3.32. The highest BCUT2D eigenvalue weighted by Gasteiger charge is 2.33. The quantitative estimate of drug-likeness (QED) is 0.872. The topological polar surface area (TPSA) is 49.4 Å². The van der Waals surface area contributed by atoms with Crippen LogP contribution in [0.4, 0.5) is 0 Å². The minimum Gasteiger partial charge on any atom is -0.316 e. The third-order valence-electron chi connectivity index (χ3n) is 3.94. The Balaban J connectivity index is 2.25. The van der Waals surface area contributed by atoms with Crippen LogP contribution in [0, 0.1) is 5.92 Å². The maximum atomic E-state index is 12.8. The average Bonchev–Trinajstić information content (AvgIpc) is 2.91. The Morgan fingerprint density at radius 2 is 2.19 bits per heavy atom. The number of benzene rings is 1. The summed E-state index contributed by atoms with van der Waals surface area (Å²) in [6.07, 6.45) is 3.12. The largest absolute Gasteiger partial charge is 0.316 e. The van der Waals surface area contributed by atoms with E-state index in [0.29, 0.717) is 30.6 Å². The fourth-order valence-corrected chi connectivity index (χ4v) is 4.91. The highest BCUT2D eigenvalue weighted by molar-refractivity contribution is 7.89. The lowest BCUT2D eigenvalue weighted by Gasteiger charge is -2.18. The van der Waals surface area contributed by atoms with Crippen molar-refractivity contribution in [3.8, 4) is 0 Å². The van der Waals surface area contributed by atoms with E-state index >= 15 is 0 Å². The van der Waals surface area contributed by atoms with E-state index in [0.717, 1.165) is 24.8 Å². The molecule has 0 bridgehead atoms. The van der Waals surface area contributed by atoms with Crippen molar-refractivity contribution in [1.29, 1.82) is 0 Å². The van der Waals surface area contributed by atoms with E-state index in [1.807, 2.05) is 13.1 Å². The van der Waals surface area contributed by atoms with Gasteiger partial charge in [0.2, 0.25) is 10.0 Å². The molecule has 4 nitrogen and oxygen atoms in total. The molecule has 1 fully saturated rings. The van der Waals surface area contributed by atoms with Crippen molar-refractivity contribution >= 4 is 21.6 Å². The lowest BCUT2D eigenvalue weighted by Crippen LogP contribution is -2.29. The molecule has 0 amide bonds. The molecule has 1 atom stereocenters. The van der Waals surface area contributed by atoms with E-state index in [4.69, 9.17) is 11.6 Å². The summed E-state index contributed by atoms with van der Waals surface area (Å²) in [5.74, 6) is 0.476. The van der Waals surface area contributed by atoms with Crippen LogP contribution >= 0.6 is 11.6 Å². The smallest absolute Gasteiger partial charge is 0.244 e. The summed E-state index contributed by atoms with van der Waals surface area (Å²) in [7, 11) is -1.66. The van der Waals surface area contributed by atoms with Crippen LogP contribution in [0.2, 0.25) is 5.02 Å². The predicted octanol–water partition coefficient (Wildman–Crippen LogP) is 2.87. The van der Waals surface area contributed by atoms with Crippen LogP contribution in [-0.2, 0) is 16.6 Å². The molecule has 0 spiro atoms. The van der Waals surface area contributed by atoms with Gasteiger partial charge in [-0.05, 0) is 43.5 Å². The van der Waals surface area contributed by atoms with Gasteiger partial charge < -0.3 is 5.32 Å². The van der Waals surface area contributed by atoms with Crippen molar-refractivity contribution in [2.45, 2.75) is 37.6 Å². The predicted molar refractivity (Wildman–Crippen MR) is 86.0 cm³/mol. The molecule has 0 radical (unpaired) electrons. The molecule has 1 aromatic rings. The molecular weight excluding hydrogens is 308 g/mol. The van der Waals surface area contributed by atoms with Crippen LogP contribution in [0.1, 0.15) is 31.7 Å². The van der Waals surface area contributed by atoms with Crippen LogP contribution in [0.15, 0.2) is 23.1 Å². The van der Waals surface area contributed by atoms with Gasteiger partial charge in [0.05, 0.1) is 5.02 Å². The molecule has 1 N–H and O–H groups in total. The molecule has 1 aliphatic rings. The van der Waals surface area contributed by atoms with E-state index < -0.39 is 10.0 Å². The second kappa shape index (κ2) is 7.09. The average molecular weight is 331 g/mol. The maximum Gasteiger partial charge on any atom is 0.244 e. The van der Waals surface area contributed by atoms with Crippen molar-refractivity contribution in [2.75, 3.05) is 20.1 Å². The van der Waals surface area contributed by atoms with E-state index in [-0.39, 0.29) is 4.90 Å². The zero-order valence-electron chi connectivity index (χ0n) is 12.6. The summed E-state index contributed by atoms with van der Waals surface area (Å²) >= 11 is 6.13. The molecule has 1 aromatic carbocycles. The van der Waals surface area contributed by atoms with Gasteiger partial charge in [-0.15, -0.1) is 0 Å². The summed E-state index contributed by atoms with van der Waals surface area (Å²) < 4.78 is 27.1. The Kier molecular flexibility index (Phi) is 5.66. The van der Waals surface area contributed by atoms with E-state index in [9.17, 15) is 8.42 Å². The first-order valence-electron chi connectivity index (χ1n) is 7.42. The number of nitrogens with one attached hydrogen (secondary N) is 1. The number of hydrogen-bond acceptors (Lipinski definition) is 3. The van der Waals surface area contributed by atoms with Crippen molar-refractivity contribution in [2.24, 2.45) is 5.92 Å². The molecular formula is C15H23ClN2O2S. The zero-order valence-corrected chi connectivity index (χ0v) is 14.2. The first-order chi connectivity index (χ1) is 9.98. The molecule has 0 saturated carbocycles. The van der Waals surface area contributed by atoms with Gasteiger partial charge in [0.25, 0.3) is 0 Å². The Morgan fingerprint density at radius 3 is 2.86 bits per heavy atom. The van der Waals surface area contributed by atoms with Gasteiger partial charge in [-0.2, -0.15) is 4.31 Å². The summed E-state index contributed by atoms with van der Waals surface area (Å²) in [6.45, 7) is 3.97. The Morgan fingerprint density at radius 1 is 1.43 bits per heavy atom. The lowest BCUT2D eigenvalue weighted by molar-refractivity contribution is 0.444. The molecule has 118 valence electrons. The van der Waals surface area contributed by atoms with Gasteiger partial charge in [0.15, 0.2) is 0 Å². The Labute approximate surface area is 132 Å². The molecule has 21 heavy (non-hydrogen) atoms. The first kappa shape index (κ1) is 16.7. The van der Waals surface area contributed by atoms with Gasteiger partial charge in [0.1, 0.15) is 4.90 Å². The Hall–Kier alpha value is -0.620. The SMILES string of the molecule is CCCC1CCN(S(=O)(=O)c2cc(CNC)ccc2Cl)C1. The lowest BCUT2D eigenvalue weighted by atomic mass is 10.0. The summed E-state index contributed by atoms with van der Waals surface area (Å²) in [6, 6.07) is 5.20. The molecule has 0 aliphatic carbocycles. The van der Waals surface area contributed by atoms with Crippen LogP contribution in [0.5, 0.6) is 0 Å². The molecule has 1 saturated heterocycles. The first-order valence-corrected chi connectivity index (χ1v) is 9.24.